The lowest BCUT2D eigenvalue weighted by molar-refractivity contribution is -0.131. The Labute approximate surface area is 133 Å². The maximum absolute atomic E-state index is 10.9. The standard InChI is InChI=1S/C16H31IO2/c1-2-3-4-5-6-7-8-9-10-11-12-13-14-15-16(18)19-17/h2-15H2,1H3. The van der Waals surface area contributed by atoms with E-state index in [-0.39, 0.29) is 5.97 Å². The molecule has 0 aliphatic rings. The average Bonchev–Trinajstić information content (AvgIpc) is 2.43. The minimum Gasteiger partial charge on any atom is -0.394 e. The quantitative estimate of drug-likeness (QED) is 0.258. The van der Waals surface area contributed by atoms with Gasteiger partial charge in [0, 0.05) is 6.42 Å². The summed E-state index contributed by atoms with van der Waals surface area (Å²) < 4.78 is 4.59. The summed E-state index contributed by atoms with van der Waals surface area (Å²) in [5, 5.41) is 0. The van der Waals surface area contributed by atoms with Gasteiger partial charge in [-0.1, -0.05) is 84.0 Å². The van der Waals surface area contributed by atoms with Gasteiger partial charge in [0.1, 0.15) is 0 Å². The smallest absolute Gasteiger partial charge is 0.315 e. The third-order valence-corrected chi connectivity index (χ3v) is 4.06. The Kier molecular flexibility index (Phi) is 16.4. The van der Waals surface area contributed by atoms with E-state index in [1.807, 2.05) is 0 Å². The number of carbonyl (C=O) groups is 1. The van der Waals surface area contributed by atoms with Crippen LogP contribution in [0.4, 0.5) is 0 Å². The van der Waals surface area contributed by atoms with Gasteiger partial charge in [0.15, 0.2) is 23.0 Å². The van der Waals surface area contributed by atoms with Gasteiger partial charge in [-0.05, 0) is 6.42 Å². The SMILES string of the molecule is CCCCCCCCCCCCCCCC(=O)OI. The highest BCUT2D eigenvalue weighted by atomic mass is 127. The zero-order chi connectivity index (χ0) is 14.2. The maximum atomic E-state index is 10.9. The highest BCUT2D eigenvalue weighted by Crippen LogP contribution is 2.13. The molecule has 114 valence electrons. The summed E-state index contributed by atoms with van der Waals surface area (Å²) in [5.41, 5.74) is 0. The Morgan fingerprint density at radius 2 is 1.11 bits per heavy atom. The first kappa shape index (κ1) is 19.2. The van der Waals surface area contributed by atoms with Crippen LogP contribution in [-0.4, -0.2) is 5.97 Å². The van der Waals surface area contributed by atoms with Crippen LogP contribution >= 0.6 is 23.0 Å². The topological polar surface area (TPSA) is 26.3 Å². The predicted octanol–water partition coefficient (Wildman–Crippen LogP) is 6.36. The monoisotopic (exact) mass is 382 g/mol. The molecule has 0 atom stereocenters. The molecule has 0 aliphatic heterocycles. The molecule has 0 N–H and O–H groups in total. The third kappa shape index (κ3) is 16.1. The lowest BCUT2D eigenvalue weighted by atomic mass is 10.0. The molecule has 0 amide bonds. The van der Waals surface area contributed by atoms with Crippen LogP contribution in [-0.2, 0) is 7.86 Å². The number of unbranched alkanes of at least 4 members (excludes halogenated alkanes) is 12. The van der Waals surface area contributed by atoms with Crippen molar-refractivity contribution in [3.05, 3.63) is 0 Å². The van der Waals surface area contributed by atoms with E-state index in [2.05, 4.69) is 9.99 Å². The van der Waals surface area contributed by atoms with Crippen molar-refractivity contribution in [1.82, 2.24) is 0 Å². The van der Waals surface area contributed by atoms with Crippen molar-refractivity contribution in [2.75, 3.05) is 0 Å². The Balaban J connectivity index is 2.97. The van der Waals surface area contributed by atoms with E-state index in [0.717, 1.165) is 6.42 Å². The minimum absolute atomic E-state index is 0.0799. The molecule has 19 heavy (non-hydrogen) atoms. The van der Waals surface area contributed by atoms with Crippen LogP contribution in [0.5, 0.6) is 0 Å². The average molecular weight is 382 g/mol. The molecule has 0 bridgehead atoms. The molecular formula is C16H31IO2. The molecule has 0 aromatic carbocycles. The molecule has 2 nitrogen and oxygen atoms in total. The van der Waals surface area contributed by atoms with E-state index in [1.54, 1.807) is 23.0 Å². The highest BCUT2D eigenvalue weighted by Gasteiger charge is 2.00. The fraction of sp³-hybridized carbons (Fsp3) is 0.938. The third-order valence-electron chi connectivity index (χ3n) is 3.57. The first-order valence-corrected chi connectivity index (χ1v) is 9.00. The number of rotatable bonds is 14. The summed E-state index contributed by atoms with van der Waals surface area (Å²) in [6.45, 7) is 2.27. The summed E-state index contributed by atoms with van der Waals surface area (Å²) in [6, 6.07) is 0. The van der Waals surface area contributed by atoms with Gasteiger partial charge in [-0.3, -0.25) is 4.79 Å². The molecule has 0 aromatic rings. The molecule has 0 saturated heterocycles. The fourth-order valence-electron chi connectivity index (χ4n) is 2.33. The van der Waals surface area contributed by atoms with Crippen molar-refractivity contribution in [1.29, 1.82) is 0 Å². The van der Waals surface area contributed by atoms with Gasteiger partial charge < -0.3 is 3.07 Å². The van der Waals surface area contributed by atoms with E-state index in [9.17, 15) is 4.79 Å². The van der Waals surface area contributed by atoms with Crippen LogP contribution in [0.1, 0.15) is 96.8 Å². The second-order valence-corrected chi connectivity index (χ2v) is 5.88. The van der Waals surface area contributed by atoms with Gasteiger partial charge in [-0.25, -0.2) is 0 Å². The number of halogens is 1. The first-order chi connectivity index (χ1) is 9.31. The van der Waals surface area contributed by atoms with Crippen molar-refractivity contribution in [2.45, 2.75) is 96.8 Å². The zero-order valence-electron chi connectivity index (χ0n) is 12.6. The van der Waals surface area contributed by atoms with Gasteiger partial charge >= 0.3 is 5.97 Å². The molecule has 0 spiro atoms. The summed E-state index contributed by atoms with van der Waals surface area (Å²) in [5.74, 6) is -0.0799. The van der Waals surface area contributed by atoms with E-state index in [0.29, 0.717) is 6.42 Å². The first-order valence-electron chi connectivity index (χ1n) is 8.12. The highest BCUT2D eigenvalue weighted by molar-refractivity contribution is 14.1. The minimum atomic E-state index is -0.0799. The van der Waals surface area contributed by atoms with Crippen LogP contribution in [0.3, 0.4) is 0 Å². The number of carbonyl (C=O) groups excluding carboxylic acids is 1. The van der Waals surface area contributed by atoms with Crippen molar-refractivity contribution in [3.8, 4) is 0 Å². The molecule has 0 saturated carbocycles. The summed E-state index contributed by atoms with van der Waals surface area (Å²) in [4.78, 5) is 10.9. The van der Waals surface area contributed by atoms with Gasteiger partial charge in [-0.15, -0.1) is 0 Å². The molecule has 0 heterocycles. The van der Waals surface area contributed by atoms with Gasteiger partial charge in [0.05, 0.1) is 0 Å². The molecule has 0 aliphatic carbocycles. The van der Waals surface area contributed by atoms with Crippen LogP contribution in [0, 0.1) is 0 Å². The van der Waals surface area contributed by atoms with Crippen LogP contribution in [0.2, 0.25) is 0 Å². The van der Waals surface area contributed by atoms with E-state index < -0.39 is 0 Å². The Morgan fingerprint density at radius 3 is 1.47 bits per heavy atom. The molecule has 0 aromatic heterocycles. The Morgan fingerprint density at radius 1 is 0.737 bits per heavy atom. The van der Waals surface area contributed by atoms with Crippen LogP contribution in [0.15, 0.2) is 0 Å². The van der Waals surface area contributed by atoms with Crippen LogP contribution < -0.4 is 0 Å². The Bertz CT molecular complexity index is 195. The predicted molar refractivity (Wildman–Crippen MR) is 90.4 cm³/mol. The van der Waals surface area contributed by atoms with Gasteiger partial charge in [-0.2, -0.15) is 0 Å². The Hall–Kier alpha value is 0.200. The van der Waals surface area contributed by atoms with E-state index >= 15 is 0 Å². The lowest BCUT2D eigenvalue weighted by Gasteiger charge is -2.02. The maximum Gasteiger partial charge on any atom is 0.315 e. The fourth-order valence-corrected chi connectivity index (χ4v) is 2.55. The second-order valence-electron chi connectivity index (χ2n) is 5.44. The van der Waals surface area contributed by atoms with E-state index in [1.165, 1.54) is 77.0 Å². The van der Waals surface area contributed by atoms with Crippen molar-refractivity contribution >= 4 is 29.0 Å². The summed E-state index contributed by atoms with van der Waals surface area (Å²) >= 11 is 1.66. The lowest BCUT2D eigenvalue weighted by Crippen LogP contribution is -1.95. The number of hydrogen-bond acceptors (Lipinski definition) is 2. The molecule has 0 unspecified atom stereocenters. The summed E-state index contributed by atoms with van der Waals surface area (Å²) in [7, 11) is 0. The molecule has 3 heteroatoms. The van der Waals surface area contributed by atoms with Gasteiger partial charge in [0.25, 0.3) is 0 Å². The van der Waals surface area contributed by atoms with Crippen molar-refractivity contribution in [3.63, 3.8) is 0 Å². The molecule has 0 fully saturated rings. The van der Waals surface area contributed by atoms with Crippen molar-refractivity contribution < 1.29 is 7.86 Å². The normalized spacial score (nSPS) is 10.6. The molecule has 0 radical (unpaired) electrons. The molecular weight excluding hydrogens is 351 g/mol. The second kappa shape index (κ2) is 16.3. The number of hydrogen-bond donors (Lipinski definition) is 0. The van der Waals surface area contributed by atoms with Gasteiger partial charge in [0.2, 0.25) is 0 Å². The largest absolute Gasteiger partial charge is 0.394 e. The zero-order valence-corrected chi connectivity index (χ0v) is 14.8. The molecule has 0 rings (SSSR count). The van der Waals surface area contributed by atoms with Crippen molar-refractivity contribution in [2.24, 2.45) is 0 Å². The van der Waals surface area contributed by atoms with Crippen LogP contribution in [0.25, 0.3) is 0 Å². The van der Waals surface area contributed by atoms with E-state index in [4.69, 9.17) is 0 Å². The summed E-state index contributed by atoms with van der Waals surface area (Å²) in [6.07, 6.45) is 18.0.